The lowest BCUT2D eigenvalue weighted by Crippen LogP contribution is -2.56. The molecule has 2 unspecified atom stereocenters. The molecule has 1 fully saturated rings. The lowest BCUT2D eigenvalue weighted by atomic mass is 10.1. The van der Waals surface area contributed by atoms with Crippen LogP contribution in [-0.2, 0) is 20.9 Å². The second-order valence-corrected chi connectivity index (χ2v) is 9.31. The van der Waals surface area contributed by atoms with E-state index in [1.165, 1.54) is 11.8 Å². The molecule has 4 N–H and O–H groups in total. The molecule has 144 valence electrons. The first kappa shape index (κ1) is 20.7. The van der Waals surface area contributed by atoms with Crippen LogP contribution < -0.4 is 21.3 Å². The first-order chi connectivity index (χ1) is 12.2. The molecule has 1 aliphatic heterocycles. The van der Waals surface area contributed by atoms with Gasteiger partial charge in [-0.05, 0) is 32.2 Å². The minimum atomic E-state index is -0.378. The van der Waals surface area contributed by atoms with E-state index in [4.69, 9.17) is 0 Å². The number of amides is 3. The minimum Gasteiger partial charge on any atom is -0.351 e. The number of thiophene rings is 1. The van der Waals surface area contributed by atoms with Gasteiger partial charge in [-0.25, -0.2) is 0 Å². The first-order valence-corrected chi connectivity index (χ1v) is 10.4. The normalized spacial score (nSPS) is 20.3. The Morgan fingerprint density at radius 3 is 2.77 bits per heavy atom. The summed E-state index contributed by atoms with van der Waals surface area (Å²) >= 11 is 2.90. The Kier molecular flexibility index (Phi) is 7.48. The molecule has 2 atom stereocenters. The van der Waals surface area contributed by atoms with Crippen LogP contribution in [0.25, 0.3) is 0 Å². The molecule has 7 nitrogen and oxygen atoms in total. The summed E-state index contributed by atoms with van der Waals surface area (Å²) in [6, 6.07) is 3.67. The van der Waals surface area contributed by atoms with E-state index in [2.05, 4.69) is 21.3 Å². The Labute approximate surface area is 162 Å². The lowest BCUT2D eigenvalue weighted by Gasteiger charge is -2.31. The third-order valence-electron chi connectivity index (χ3n) is 3.48. The summed E-state index contributed by atoms with van der Waals surface area (Å²) in [5, 5.41) is 13.7. The van der Waals surface area contributed by atoms with E-state index in [0.717, 1.165) is 4.88 Å². The number of rotatable bonds is 7. The predicted octanol–water partition coefficient (Wildman–Crippen LogP) is 1.16. The van der Waals surface area contributed by atoms with Crippen molar-refractivity contribution in [1.29, 1.82) is 0 Å². The van der Waals surface area contributed by atoms with Gasteiger partial charge in [-0.15, -0.1) is 23.1 Å². The average molecular weight is 399 g/mol. The molecule has 26 heavy (non-hydrogen) atoms. The molecule has 2 rings (SSSR count). The third-order valence-corrected chi connectivity index (χ3v) is 5.37. The Morgan fingerprint density at radius 2 is 2.12 bits per heavy atom. The minimum absolute atomic E-state index is 0.0886. The van der Waals surface area contributed by atoms with Gasteiger partial charge in [-0.1, -0.05) is 6.07 Å². The quantitative estimate of drug-likeness (QED) is 0.552. The molecule has 0 bridgehead atoms. The van der Waals surface area contributed by atoms with Crippen LogP contribution in [0.3, 0.4) is 0 Å². The number of nitrogens with one attached hydrogen (secondary N) is 4. The fraction of sp³-hybridized carbons (Fsp3) is 0.588. The van der Waals surface area contributed by atoms with Crippen LogP contribution in [0.1, 0.15) is 38.5 Å². The van der Waals surface area contributed by atoms with E-state index < -0.39 is 0 Å². The summed E-state index contributed by atoms with van der Waals surface area (Å²) in [6.45, 7) is 6.25. The van der Waals surface area contributed by atoms with Crippen molar-refractivity contribution in [3.8, 4) is 0 Å². The van der Waals surface area contributed by atoms with Gasteiger partial charge in [-0.2, -0.15) is 0 Å². The van der Waals surface area contributed by atoms with E-state index in [1.807, 2.05) is 38.3 Å². The number of carbonyl (C=O) groups excluding carboxylic acids is 3. The van der Waals surface area contributed by atoms with Gasteiger partial charge in [0.05, 0.1) is 12.3 Å². The molecule has 9 heteroatoms. The molecule has 0 saturated carbocycles. The van der Waals surface area contributed by atoms with Gasteiger partial charge >= 0.3 is 0 Å². The van der Waals surface area contributed by atoms with Crippen LogP contribution in [0.4, 0.5) is 0 Å². The van der Waals surface area contributed by atoms with Gasteiger partial charge in [0.2, 0.25) is 17.7 Å². The molecule has 0 aliphatic carbocycles. The maximum absolute atomic E-state index is 12.1. The van der Waals surface area contributed by atoms with E-state index >= 15 is 0 Å². The maximum Gasteiger partial charge on any atom is 0.230 e. The van der Waals surface area contributed by atoms with Gasteiger partial charge in [0.1, 0.15) is 5.50 Å². The van der Waals surface area contributed by atoms with Crippen molar-refractivity contribution in [3.63, 3.8) is 0 Å². The Bertz CT molecular complexity index is 628. The highest BCUT2D eigenvalue weighted by atomic mass is 32.2. The third kappa shape index (κ3) is 7.76. The van der Waals surface area contributed by atoms with Gasteiger partial charge < -0.3 is 16.0 Å². The molecule has 0 radical (unpaired) electrons. The number of hydrogen-bond donors (Lipinski definition) is 4. The number of thioether (sulfide) groups is 1. The van der Waals surface area contributed by atoms with Crippen molar-refractivity contribution in [1.82, 2.24) is 21.3 Å². The molecule has 3 amide bonds. The monoisotopic (exact) mass is 398 g/mol. The summed E-state index contributed by atoms with van der Waals surface area (Å²) < 4.78 is 0. The Hall–Kier alpha value is -1.58. The molecular weight excluding hydrogens is 372 g/mol. The highest BCUT2D eigenvalue weighted by Crippen LogP contribution is 2.15. The molecule has 0 aromatic carbocycles. The van der Waals surface area contributed by atoms with Crippen molar-refractivity contribution in [2.75, 3.05) is 5.75 Å². The van der Waals surface area contributed by atoms with E-state index in [1.54, 1.807) is 11.3 Å². The molecule has 1 aromatic heterocycles. The van der Waals surface area contributed by atoms with Gasteiger partial charge in [0, 0.05) is 29.3 Å². The van der Waals surface area contributed by atoms with Crippen LogP contribution in [0.2, 0.25) is 0 Å². The van der Waals surface area contributed by atoms with Crippen LogP contribution >= 0.6 is 23.1 Å². The SMILES string of the molecule is CC(C)(C)NC(=O)CSC1NC(=O)CC(CC(=O)NCc2cccs2)N1. The predicted molar refractivity (Wildman–Crippen MR) is 105 cm³/mol. The number of hydrogen-bond acceptors (Lipinski definition) is 6. The largest absolute Gasteiger partial charge is 0.351 e. The second-order valence-electron chi connectivity index (χ2n) is 7.18. The van der Waals surface area contributed by atoms with Crippen LogP contribution in [0.15, 0.2) is 17.5 Å². The molecule has 1 aromatic rings. The highest BCUT2D eigenvalue weighted by molar-refractivity contribution is 8.00. The van der Waals surface area contributed by atoms with Crippen molar-refractivity contribution in [2.24, 2.45) is 0 Å². The van der Waals surface area contributed by atoms with Gasteiger partial charge in [0.15, 0.2) is 0 Å². The lowest BCUT2D eigenvalue weighted by molar-refractivity contribution is -0.125. The zero-order valence-corrected chi connectivity index (χ0v) is 16.9. The van der Waals surface area contributed by atoms with Crippen LogP contribution in [0, 0.1) is 0 Å². The highest BCUT2D eigenvalue weighted by Gasteiger charge is 2.28. The zero-order chi connectivity index (χ0) is 19.2. The van der Waals surface area contributed by atoms with Crippen molar-refractivity contribution >= 4 is 40.8 Å². The van der Waals surface area contributed by atoms with Crippen LogP contribution in [0.5, 0.6) is 0 Å². The van der Waals surface area contributed by atoms with Crippen LogP contribution in [-0.4, -0.2) is 40.6 Å². The summed E-state index contributed by atoms with van der Waals surface area (Å²) in [7, 11) is 0. The fourth-order valence-electron chi connectivity index (χ4n) is 2.47. The van der Waals surface area contributed by atoms with Crippen molar-refractivity contribution in [3.05, 3.63) is 22.4 Å². The summed E-state index contributed by atoms with van der Waals surface area (Å²) in [6.07, 6.45) is 0.474. The van der Waals surface area contributed by atoms with E-state index in [-0.39, 0.29) is 53.4 Å². The van der Waals surface area contributed by atoms with E-state index in [0.29, 0.717) is 6.54 Å². The maximum atomic E-state index is 12.1. The Balaban J connectivity index is 1.75. The number of carbonyl (C=O) groups is 3. The van der Waals surface area contributed by atoms with Crippen molar-refractivity contribution < 1.29 is 14.4 Å². The zero-order valence-electron chi connectivity index (χ0n) is 15.3. The molecule has 1 saturated heterocycles. The average Bonchev–Trinajstić information content (AvgIpc) is 3.02. The summed E-state index contributed by atoms with van der Waals surface area (Å²) in [5.74, 6) is -0.0744. The Morgan fingerprint density at radius 1 is 1.35 bits per heavy atom. The molecule has 0 spiro atoms. The van der Waals surface area contributed by atoms with E-state index in [9.17, 15) is 14.4 Å². The second kappa shape index (κ2) is 9.38. The standard InChI is InChI=1S/C17H26N4O3S2/c1-17(2,3)21-15(24)10-26-16-19-11(8-14(23)20-16)7-13(22)18-9-12-5-4-6-25-12/h4-6,11,16,19H,7-10H2,1-3H3,(H,18,22)(H,20,23)(H,21,24). The van der Waals surface area contributed by atoms with Crippen molar-refractivity contribution in [2.45, 2.75) is 57.2 Å². The topological polar surface area (TPSA) is 99.3 Å². The molecule has 2 heterocycles. The summed E-state index contributed by atoms with van der Waals surface area (Å²) in [4.78, 5) is 37.0. The van der Waals surface area contributed by atoms with Gasteiger partial charge in [0.25, 0.3) is 0 Å². The summed E-state index contributed by atoms with van der Waals surface area (Å²) in [5.41, 5.74) is -0.665. The first-order valence-electron chi connectivity index (χ1n) is 8.48. The smallest absolute Gasteiger partial charge is 0.230 e. The van der Waals surface area contributed by atoms with Gasteiger partial charge in [-0.3, -0.25) is 19.7 Å². The molecular formula is C17H26N4O3S2. The fourth-order valence-corrected chi connectivity index (χ4v) is 4.01. The molecule has 1 aliphatic rings.